The summed E-state index contributed by atoms with van der Waals surface area (Å²) in [5, 5.41) is 8.69. The number of carbonyl (C=O) groups is 3. The van der Waals surface area contributed by atoms with Gasteiger partial charge in [0.25, 0.3) is 5.91 Å². The molecule has 1 aromatic carbocycles. The van der Waals surface area contributed by atoms with Crippen LogP contribution in [0.2, 0.25) is 0 Å². The van der Waals surface area contributed by atoms with Crippen molar-refractivity contribution in [3.63, 3.8) is 0 Å². The van der Waals surface area contributed by atoms with Crippen LogP contribution in [0.15, 0.2) is 18.2 Å². The fourth-order valence-electron chi connectivity index (χ4n) is 2.85. The van der Waals surface area contributed by atoms with Gasteiger partial charge in [-0.25, -0.2) is 0 Å². The van der Waals surface area contributed by atoms with E-state index < -0.39 is 6.10 Å². The van der Waals surface area contributed by atoms with Crippen molar-refractivity contribution in [1.82, 2.24) is 4.90 Å². The van der Waals surface area contributed by atoms with Crippen LogP contribution in [0.3, 0.4) is 0 Å². The molecular weight excluding hydrogens is 346 g/mol. The molecule has 27 heavy (non-hydrogen) atoms. The first-order chi connectivity index (χ1) is 12.8. The number of Topliss-reactive ketones (excluding diaryl/α,β-unsaturated/α-hetero) is 1. The number of benzene rings is 1. The molecule has 0 N–H and O–H groups in total. The Morgan fingerprint density at radius 2 is 2.07 bits per heavy atom. The second-order valence-corrected chi connectivity index (χ2v) is 6.89. The third-order valence-electron chi connectivity index (χ3n) is 4.54. The summed E-state index contributed by atoms with van der Waals surface area (Å²) in [6.45, 7) is 5.65. The molecule has 0 saturated carbocycles. The number of carbonyl (C=O) groups excluding carboxylic acids is 3. The fraction of sp³-hybridized carbons (Fsp3) is 0.500. The minimum Gasteiger partial charge on any atom is -0.478 e. The molecule has 7 nitrogen and oxygen atoms in total. The molecule has 1 unspecified atom stereocenters. The van der Waals surface area contributed by atoms with Gasteiger partial charge in [0.1, 0.15) is 12.3 Å². The van der Waals surface area contributed by atoms with Crippen LogP contribution in [0.1, 0.15) is 44.0 Å². The predicted octanol–water partition coefficient (Wildman–Crippen LogP) is 2.40. The van der Waals surface area contributed by atoms with E-state index in [4.69, 9.17) is 10.00 Å². The van der Waals surface area contributed by atoms with Crippen molar-refractivity contribution in [3.05, 3.63) is 23.8 Å². The molecule has 1 atom stereocenters. The summed E-state index contributed by atoms with van der Waals surface area (Å²) in [4.78, 5) is 40.4. The van der Waals surface area contributed by atoms with Crippen LogP contribution < -0.4 is 9.64 Å². The van der Waals surface area contributed by atoms with E-state index in [1.807, 2.05) is 19.9 Å². The number of rotatable bonds is 7. The molecule has 0 bridgehead atoms. The Bertz CT molecular complexity index is 782. The molecule has 0 fully saturated rings. The number of anilines is 1. The first kappa shape index (κ1) is 20.4. The maximum absolute atomic E-state index is 12.9. The smallest absolute Gasteiger partial charge is 0.268 e. The number of amides is 2. The number of hydrogen-bond donors (Lipinski definition) is 0. The van der Waals surface area contributed by atoms with E-state index in [1.54, 1.807) is 32.2 Å². The van der Waals surface area contributed by atoms with Gasteiger partial charge in [0.2, 0.25) is 5.91 Å². The van der Waals surface area contributed by atoms with Crippen LogP contribution >= 0.6 is 0 Å². The van der Waals surface area contributed by atoms with Crippen LogP contribution in [-0.4, -0.2) is 48.7 Å². The monoisotopic (exact) mass is 371 g/mol. The second kappa shape index (κ2) is 8.67. The first-order valence-electron chi connectivity index (χ1n) is 9.06. The third-order valence-corrected chi connectivity index (χ3v) is 4.54. The van der Waals surface area contributed by atoms with E-state index in [0.717, 1.165) is 0 Å². The van der Waals surface area contributed by atoms with Crippen molar-refractivity contribution in [1.29, 1.82) is 5.26 Å². The van der Waals surface area contributed by atoms with Crippen molar-refractivity contribution in [3.8, 4) is 11.8 Å². The molecular formula is C20H25N3O4. The van der Waals surface area contributed by atoms with Gasteiger partial charge in [-0.15, -0.1) is 0 Å². The van der Waals surface area contributed by atoms with Crippen LogP contribution in [0.25, 0.3) is 0 Å². The highest BCUT2D eigenvalue weighted by Crippen LogP contribution is 2.36. The fourth-order valence-corrected chi connectivity index (χ4v) is 2.85. The van der Waals surface area contributed by atoms with Gasteiger partial charge in [0, 0.05) is 25.6 Å². The minimum absolute atomic E-state index is 0.0475. The first-order valence-corrected chi connectivity index (χ1v) is 9.06. The van der Waals surface area contributed by atoms with E-state index in [2.05, 4.69) is 0 Å². The van der Waals surface area contributed by atoms with E-state index in [1.165, 1.54) is 9.80 Å². The van der Waals surface area contributed by atoms with Gasteiger partial charge in [-0.05, 0) is 24.1 Å². The molecule has 7 heteroatoms. The van der Waals surface area contributed by atoms with Gasteiger partial charge >= 0.3 is 0 Å². The molecule has 1 aliphatic rings. The van der Waals surface area contributed by atoms with Gasteiger partial charge in [-0.2, -0.15) is 5.26 Å². The SMILES string of the molecule is CCC(=O)c1ccc2c(c1)N(CC(=O)N(C)CCC#N)C(=O)C(C(C)C)O2. The van der Waals surface area contributed by atoms with Crippen LogP contribution in [-0.2, 0) is 9.59 Å². The molecule has 0 aromatic heterocycles. The molecule has 144 valence electrons. The van der Waals surface area contributed by atoms with Gasteiger partial charge in [-0.1, -0.05) is 20.8 Å². The molecule has 0 spiro atoms. The maximum Gasteiger partial charge on any atom is 0.268 e. The minimum atomic E-state index is -0.692. The number of likely N-dealkylation sites (N-methyl/N-ethyl adjacent to an activating group) is 1. The molecule has 2 amide bonds. The number of fused-ring (bicyclic) bond motifs is 1. The Kier molecular flexibility index (Phi) is 6.56. The Morgan fingerprint density at radius 1 is 1.37 bits per heavy atom. The Labute approximate surface area is 159 Å². The van der Waals surface area contributed by atoms with Crippen molar-refractivity contribution >= 4 is 23.3 Å². The highest BCUT2D eigenvalue weighted by Gasteiger charge is 2.37. The van der Waals surface area contributed by atoms with Gasteiger partial charge in [0.15, 0.2) is 11.9 Å². The molecule has 0 aliphatic carbocycles. The summed E-state index contributed by atoms with van der Waals surface area (Å²) in [7, 11) is 1.60. The summed E-state index contributed by atoms with van der Waals surface area (Å²) in [6.07, 6.45) is -0.125. The highest BCUT2D eigenvalue weighted by atomic mass is 16.5. The lowest BCUT2D eigenvalue weighted by Crippen LogP contribution is -2.51. The van der Waals surface area contributed by atoms with E-state index in [0.29, 0.717) is 30.0 Å². The van der Waals surface area contributed by atoms with Gasteiger partial charge in [-0.3, -0.25) is 19.3 Å². The van der Waals surface area contributed by atoms with E-state index >= 15 is 0 Å². The number of nitriles is 1. The van der Waals surface area contributed by atoms with Crippen molar-refractivity contribution in [2.45, 2.75) is 39.7 Å². The zero-order valence-electron chi connectivity index (χ0n) is 16.2. The normalized spacial score (nSPS) is 15.8. The molecule has 1 aliphatic heterocycles. The lowest BCUT2D eigenvalue weighted by atomic mass is 10.0. The van der Waals surface area contributed by atoms with Crippen LogP contribution in [0.5, 0.6) is 5.75 Å². The topological polar surface area (TPSA) is 90.7 Å². The number of ketones is 1. The Hall–Kier alpha value is -2.88. The number of nitrogens with zero attached hydrogens (tertiary/aromatic N) is 3. The second-order valence-electron chi connectivity index (χ2n) is 6.89. The third kappa shape index (κ3) is 4.45. The van der Waals surface area contributed by atoms with Crippen molar-refractivity contribution in [2.75, 3.05) is 25.0 Å². The van der Waals surface area contributed by atoms with Crippen LogP contribution in [0.4, 0.5) is 5.69 Å². The van der Waals surface area contributed by atoms with Crippen LogP contribution in [0, 0.1) is 17.2 Å². The standard InChI is InChI=1S/C20H25N3O4/c1-5-16(24)14-7-8-17-15(11-14)23(20(26)19(27-17)13(2)3)12-18(25)22(4)10-6-9-21/h7-8,11,13,19H,5-6,10,12H2,1-4H3. The summed E-state index contributed by atoms with van der Waals surface area (Å²) in [5.41, 5.74) is 0.907. The summed E-state index contributed by atoms with van der Waals surface area (Å²) in [5.74, 6) is -0.222. The van der Waals surface area contributed by atoms with Gasteiger partial charge < -0.3 is 9.64 Å². The molecule has 1 aromatic rings. The van der Waals surface area contributed by atoms with E-state index in [9.17, 15) is 14.4 Å². The molecule has 0 radical (unpaired) electrons. The van der Waals surface area contributed by atoms with Crippen molar-refractivity contribution < 1.29 is 19.1 Å². The largest absolute Gasteiger partial charge is 0.478 e. The highest BCUT2D eigenvalue weighted by molar-refractivity contribution is 6.05. The molecule has 2 rings (SSSR count). The molecule has 1 heterocycles. The summed E-state index contributed by atoms with van der Waals surface area (Å²) in [6, 6.07) is 6.96. The zero-order chi connectivity index (χ0) is 20.1. The average molecular weight is 371 g/mol. The van der Waals surface area contributed by atoms with Crippen molar-refractivity contribution in [2.24, 2.45) is 5.92 Å². The lowest BCUT2D eigenvalue weighted by molar-refractivity contribution is -0.133. The van der Waals surface area contributed by atoms with E-state index in [-0.39, 0.29) is 36.5 Å². The Morgan fingerprint density at radius 3 is 2.67 bits per heavy atom. The van der Waals surface area contributed by atoms with Gasteiger partial charge in [0.05, 0.1) is 18.2 Å². The number of hydrogen-bond acceptors (Lipinski definition) is 5. The predicted molar refractivity (Wildman–Crippen MR) is 101 cm³/mol. The molecule has 0 saturated heterocycles. The average Bonchev–Trinajstić information content (AvgIpc) is 2.66. The lowest BCUT2D eigenvalue weighted by Gasteiger charge is -2.36. The summed E-state index contributed by atoms with van der Waals surface area (Å²) < 4.78 is 5.84. The Balaban J connectivity index is 2.38. The zero-order valence-corrected chi connectivity index (χ0v) is 16.2. The maximum atomic E-state index is 12.9. The summed E-state index contributed by atoms with van der Waals surface area (Å²) >= 11 is 0. The number of ether oxygens (including phenoxy) is 1. The quantitative estimate of drug-likeness (QED) is 0.687.